The van der Waals surface area contributed by atoms with E-state index >= 15 is 0 Å². The van der Waals surface area contributed by atoms with Crippen molar-refractivity contribution in [3.8, 4) is 0 Å². The molecule has 0 atom stereocenters. The molecule has 0 saturated carbocycles. The van der Waals surface area contributed by atoms with Gasteiger partial charge >= 0.3 is 0 Å². The lowest BCUT2D eigenvalue weighted by Gasteiger charge is -2.34. The molecule has 0 radical (unpaired) electrons. The highest BCUT2D eigenvalue weighted by molar-refractivity contribution is 7.21. The highest BCUT2D eigenvalue weighted by atomic mass is 35.5. The number of halogens is 1. The number of hydrogen-bond acceptors (Lipinski definition) is 3. The minimum absolute atomic E-state index is 0.0307. The number of hydrogen-bond donors (Lipinski definition) is 1. The predicted octanol–water partition coefficient (Wildman–Crippen LogP) is 4.47. The number of nitrogens with zero attached hydrogens (tertiary/aromatic N) is 1. The van der Waals surface area contributed by atoms with Crippen molar-refractivity contribution < 1.29 is 4.79 Å². The van der Waals surface area contributed by atoms with Crippen LogP contribution in [0.2, 0.25) is 5.02 Å². The number of benzene rings is 1. The zero-order chi connectivity index (χ0) is 16.6. The smallest absolute Gasteiger partial charge is 0.263 e. The molecule has 0 spiro atoms. The number of fused-ring (bicyclic) bond motifs is 1. The molecule has 0 unspecified atom stereocenters. The summed E-state index contributed by atoms with van der Waals surface area (Å²) in [5, 5.41) is 4.73. The summed E-state index contributed by atoms with van der Waals surface area (Å²) < 4.78 is 1.08. The number of amides is 1. The Hall–Kier alpha value is -1.10. The quantitative estimate of drug-likeness (QED) is 0.886. The lowest BCUT2D eigenvalue weighted by atomic mass is 10.0. The normalized spacial score (nSPS) is 17.1. The second kappa shape index (κ2) is 6.80. The Labute approximate surface area is 146 Å². The molecule has 1 aliphatic rings. The maximum Gasteiger partial charge on any atom is 0.263 e. The van der Waals surface area contributed by atoms with Crippen LogP contribution in [0.5, 0.6) is 0 Å². The summed E-state index contributed by atoms with van der Waals surface area (Å²) in [5.41, 5.74) is 1.18. The summed E-state index contributed by atoms with van der Waals surface area (Å²) in [5.74, 6) is -0.0307. The minimum Gasteiger partial charge on any atom is -0.348 e. The fourth-order valence-electron chi connectivity index (χ4n) is 3.13. The van der Waals surface area contributed by atoms with E-state index in [2.05, 4.69) is 37.1 Å². The number of piperidine rings is 1. The Bertz CT molecular complexity index is 717. The Morgan fingerprint density at radius 1 is 1.35 bits per heavy atom. The number of likely N-dealkylation sites (tertiary alicyclic amines) is 1. The van der Waals surface area contributed by atoms with Gasteiger partial charge in [0, 0.05) is 35.3 Å². The molecule has 124 valence electrons. The standard InChI is InChI=1S/C18H23ClN2OS/c1-11(2)21-8-6-13(7-9-21)20-18(22)17-16(19)14-5-4-12(3)10-15(14)23-17/h4-5,10-11,13H,6-9H2,1-3H3,(H,20,22). The molecule has 1 N–H and O–H groups in total. The van der Waals surface area contributed by atoms with Crippen LogP contribution in [0.25, 0.3) is 10.1 Å². The largest absolute Gasteiger partial charge is 0.348 e. The van der Waals surface area contributed by atoms with Gasteiger partial charge in [0.2, 0.25) is 0 Å². The molecule has 0 bridgehead atoms. The number of thiophene rings is 1. The van der Waals surface area contributed by atoms with Crippen molar-refractivity contribution in [1.82, 2.24) is 10.2 Å². The Balaban J connectivity index is 1.71. The van der Waals surface area contributed by atoms with Gasteiger partial charge in [-0.3, -0.25) is 4.79 Å². The molecule has 2 aromatic rings. The van der Waals surface area contributed by atoms with Crippen LogP contribution in [0.4, 0.5) is 0 Å². The van der Waals surface area contributed by atoms with Crippen LogP contribution in [0.3, 0.4) is 0 Å². The Morgan fingerprint density at radius 2 is 2.04 bits per heavy atom. The van der Waals surface area contributed by atoms with Crippen molar-refractivity contribution in [2.24, 2.45) is 0 Å². The first-order valence-corrected chi connectivity index (χ1v) is 9.38. The number of nitrogens with one attached hydrogen (secondary N) is 1. The van der Waals surface area contributed by atoms with Gasteiger partial charge in [0.05, 0.1) is 5.02 Å². The molecule has 1 fully saturated rings. The van der Waals surface area contributed by atoms with Crippen LogP contribution in [0, 0.1) is 6.92 Å². The van der Waals surface area contributed by atoms with Gasteiger partial charge in [-0.1, -0.05) is 23.7 Å². The maximum atomic E-state index is 12.6. The van der Waals surface area contributed by atoms with Crippen molar-refractivity contribution in [2.75, 3.05) is 13.1 Å². The van der Waals surface area contributed by atoms with Crippen molar-refractivity contribution >= 4 is 38.9 Å². The van der Waals surface area contributed by atoms with E-state index in [1.165, 1.54) is 16.9 Å². The summed E-state index contributed by atoms with van der Waals surface area (Å²) in [6, 6.07) is 6.95. The van der Waals surface area contributed by atoms with Gasteiger partial charge in [-0.2, -0.15) is 0 Å². The highest BCUT2D eigenvalue weighted by Gasteiger charge is 2.24. The predicted molar refractivity (Wildman–Crippen MR) is 98.8 cm³/mol. The molecular formula is C18H23ClN2OS. The van der Waals surface area contributed by atoms with E-state index in [4.69, 9.17) is 11.6 Å². The topological polar surface area (TPSA) is 32.3 Å². The van der Waals surface area contributed by atoms with E-state index in [1.807, 2.05) is 12.1 Å². The third-order valence-electron chi connectivity index (χ3n) is 4.59. The van der Waals surface area contributed by atoms with Crippen LogP contribution in [0.1, 0.15) is 41.9 Å². The van der Waals surface area contributed by atoms with Gasteiger partial charge in [0.25, 0.3) is 5.91 Å². The molecule has 5 heteroatoms. The Kier molecular flexibility index (Phi) is 4.95. The maximum absolute atomic E-state index is 12.6. The van der Waals surface area contributed by atoms with Crippen molar-refractivity contribution in [1.29, 1.82) is 0 Å². The summed E-state index contributed by atoms with van der Waals surface area (Å²) >= 11 is 7.91. The van der Waals surface area contributed by atoms with E-state index in [-0.39, 0.29) is 11.9 Å². The van der Waals surface area contributed by atoms with Crippen molar-refractivity contribution in [3.05, 3.63) is 33.7 Å². The first-order chi connectivity index (χ1) is 11.0. The average molecular weight is 351 g/mol. The van der Waals surface area contributed by atoms with E-state index < -0.39 is 0 Å². The summed E-state index contributed by atoms with van der Waals surface area (Å²) in [7, 11) is 0. The monoisotopic (exact) mass is 350 g/mol. The number of rotatable bonds is 3. The lowest BCUT2D eigenvalue weighted by molar-refractivity contribution is 0.0905. The lowest BCUT2D eigenvalue weighted by Crippen LogP contribution is -2.46. The first-order valence-electron chi connectivity index (χ1n) is 8.19. The first kappa shape index (κ1) is 16.7. The van der Waals surface area contributed by atoms with E-state index in [0.29, 0.717) is 15.9 Å². The third-order valence-corrected chi connectivity index (χ3v) is 6.24. The van der Waals surface area contributed by atoms with Crippen LogP contribution < -0.4 is 5.32 Å². The van der Waals surface area contributed by atoms with Crippen LogP contribution >= 0.6 is 22.9 Å². The zero-order valence-electron chi connectivity index (χ0n) is 13.9. The molecule has 3 rings (SSSR count). The fraction of sp³-hybridized carbons (Fsp3) is 0.500. The molecule has 1 amide bonds. The second-order valence-electron chi connectivity index (χ2n) is 6.62. The van der Waals surface area contributed by atoms with Gasteiger partial charge in [-0.15, -0.1) is 11.3 Å². The molecule has 3 nitrogen and oxygen atoms in total. The molecular weight excluding hydrogens is 328 g/mol. The number of carbonyl (C=O) groups is 1. The Morgan fingerprint density at radius 3 is 2.70 bits per heavy atom. The average Bonchev–Trinajstić information content (AvgIpc) is 2.84. The van der Waals surface area contributed by atoms with E-state index in [0.717, 1.165) is 36.0 Å². The van der Waals surface area contributed by atoms with Crippen LogP contribution in [0.15, 0.2) is 18.2 Å². The van der Waals surface area contributed by atoms with E-state index in [9.17, 15) is 4.79 Å². The van der Waals surface area contributed by atoms with Gasteiger partial charge in [0.15, 0.2) is 0 Å². The molecule has 0 aliphatic carbocycles. The highest BCUT2D eigenvalue weighted by Crippen LogP contribution is 2.35. The fourth-order valence-corrected chi connectivity index (χ4v) is 4.65. The van der Waals surface area contributed by atoms with Gasteiger partial charge in [0.1, 0.15) is 4.88 Å². The van der Waals surface area contributed by atoms with Gasteiger partial charge in [-0.25, -0.2) is 0 Å². The SMILES string of the molecule is Cc1ccc2c(Cl)c(C(=O)NC3CCN(C(C)C)CC3)sc2c1. The van der Waals surface area contributed by atoms with Crippen LogP contribution in [-0.2, 0) is 0 Å². The molecule has 23 heavy (non-hydrogen) atoms. The zero-order valence-corrected chi connectivity index (χ0v) is 15.4. The van der Waals surface area contributed by atoms with Gasteiger partial charge < -0.3 is 10.2 Å². The minimum atomic E-state index is -0.0307. The number of aryl methyl sites for hydroxylation is 1. The van der Waals surface area contributed by atoms with Gasteiger partial charge in [-0.05, 0) is 45.2 Å². The van der Waals surface area contributed by atoms with Crippen molar-refractivity contribution in [3.63, 3.8) is 0 Å². The van der Waals surface area contributed by atoms with E-state index in [1.54, 1.807) is 0 Å². The van der Waals surface area contributed by atoms with Crippen LogP contribution in [-0.4, -0.2) is 36.0 Å². The summed E-state index contributed by atoms with van der Waals surface area (Å²) in [4.78, 5) is 15.7. The van der Waals surface area contributed by atoms with Crippen molar-refractivity contribution in [2.45, 2.75) is 45.7 Å². The summed E-state index contributed by atoms with van der Waals surface area (Å²) in [6.07, 6.45) is 2.01. The molecule has 1 aliphatic heterocycles. The molecule has 1 aromatic heterocycles. The molecule has 1 aromatic carbocycles. The number of carbonyl (C=O) groups excluding carboxylic acids is 1. The molecule has 1 saturated heterocycles. The third kappa shape index (κ3) is 3.54. The second-order valence-corrected chi connectivity index (χ2v) is 8.05. The molecule has 2 heterocycles. The summed E-state index contributed by atoms with van der Waals surface area (Å²) in [6.45, 7) is 8.58.